The lowest BCUT2D eigenvalue weighted by Gasteiger charge is -2.07. The number of hydrogen-bond acceptors (Lipinski definition) is 3. The molecule has 4 heteroatoms. The highest BCUT2D eigenvalue weighted by Crippen LogP contribution is 2.36. The molecule has 0 radical (unpaired) electrons. The van der Waals surface area contributed by atoms with Gasteiger partial charge in [-0.15, -0.1) is 11.3 Å². The molecule has 3 aromatic carbocycles. The van der Waals surface area contributed by atoms with Crippen molar-refractivity contribution < 1.29 is 0 Å². The number of nitrogens with zero attached hydrogens (tertiary/aromatic N) is 2. The Morgan fingerprint density at radius 2 is 1.50 bits per heavy atom. The van der Waals surface area contributed by atoms with Gasteiger partial charge in [0.05, 0.1) is 10.2 Å². The summed E-state index contributed by atoms with van der Waals surface area (Å²) in [6.07, 6.45) is 1.83. The van der Waals surface area contributed by atoms with Crippen molar-refractivity contribution in [1.29, 1.82) is 0 Å². The van der Waals surface area contributed by atoms with Crippen molar-refractivity contribution in [2.75, 3.05) is 0 Å². The SMILES string of the molecule is Brc1cnc(-c2ccc3c(c2)sc2ccccc23)nc1-c1ccccc1. The van der Waals surface area contributed by atoms with Crippen LogP contribution in [0.3, 0.4) is 0 Å². The molecule has 0 amide bonds. The molecule has 0 saturated carbocycles. The molecule has 0 saturated heterocycles. The summed E-state index contributed by atoms with van der Waals surface area (Å²) in [5.74, 6) is 0.742. The summed E-state index contributed by atoms with van der Waals surface area (Å²) in [6, 6.07) is 25.2. The monoisotopic (exact) mass is 416 g/mol. The lowest BCUT2D eigenvalue weighted by atomic mass is 10.1. The molecule has 5 rings (SSSR count). The van der Waals surface area contributed by atoms with Crippen molar-refractivity contribution in [3.8, 4) is 22.6 Å². The summed E-state index contributed by atoms with van der Waals surface area (Å²) in [5, 5.41) is 2.59. The summed E-state index contributed by atoms with van der Waals surface area (Å²) >= 11 is 5.39. The van der Waals surface area contributed by atoms with Gasteiger partial charge < -0.3 is 0 Å². The van der Waals surface area contributed by atoms with Gasteiger partial charge >= 0.3 is 0 Å². The van der Waals surface area contributed by atoms with Crippen LogP contribution in [0.4, 0.5) is 0 Å². The predicted octanol–water partition coefficient (Wildman–Crippen LogP) is 6.94. The Hall–Kier alpha value is -2.56. The normalized spacial score (nSPS) is 11.3. The topological polar surface area (TPSA) is 25.8 Å². The molecule has 0 aliphatic carbocycles. The highest BCUT2D eigenvalue weighted by Gasteiger charge is 2.11. The maximum atomic E-state index is 4.82. The predicted molar refractivity (Wildman–Crippen MR) is 113 cm³/mol. The molecule has 0 spiro atoms. The minimum absolute atomic E-state index is 0.742. The third-order valence-corrected chi connectivity index (χ3v) is 6.14. The van der Waals surface area contributed by atoms with Crippen LogP contribution >= 0.6 is 27.3 Å². The van der Waals surface area contributed by atoms with Crippen molar-refractivity contribution in [2.24, 2.45) is 0 Å². The van der Waals surface area contributed by atoms with E-state index in [-0.39, 0.29) is 0 Å². The fourth-order valence-electron chi connectivity index (χ4n) is 3.17. The molecule has 2 aromatic heterocycles. The minimum atomic E-state index is 0.742. The van der Waals surface area contributed by atoms with Crippen LogP contribution in [0.5, 0.6) is 0 Å². The van der Waals surface area contributed by atoms with Gasteiger partial charge in [0.15, 0.2) is 5.82 Å². The maximum absolute atomic E-state index is 4.82. The van der Waals surface area contributed by atoms with Crippen molar-refractivity contribution in [1.82, 2.24) is 9.97 Å². The van der Waals surface area contributed by atoms with E-state index in [1.807, 2.05) is 35.7 Å². The fraction of sp³-hybridized carbons (Fsp3) is 0. The summed E-state index contributed by atoms with van der Waals surface area (Å²) in [7, 11) is 0. The second kappa shape index (κ2) is 6.31. The van der Waals surface area contributed by atoms with Gasteiger partial charge in [-0.2, -0.15) is 0 Å². The quantitative estimate of drug-likeness (QED) is 0.311. The standard InChI is InChI=1S/C22H13BrN2S/c23-18-13-24-22(25-21(18)14-6-2-1-3-7-14)15-10-11-17-16-8-4-5-9-19(16)26-20(17)12-15/h1-13H. The van der Waals surface area contributed by atoms with Crippen molar-refractivity contribution in [3.05, 3.63) is 83.5 Å². The number of benzene rings is 3. The van der Waals surface area contributed by atoms with E-state index in [1.54, 1.807) is 0 Å². The molecule has 124 valence electrons. The molecule has 26 heavy (non-hydrogen) atoms. The van der Waals surface area contributed by atoms with Gasteiger partial charge in [0.2, 0.25) is 0 Å². The Kier molecular flexibility index (Phi) is 3.80. The first-order valence-electron chi connectivity index (χ1n) is 8.29. The summed E-state index contributed by atoms with van der Waals surface area (Å²) in [6.45, 7) is 0. The minimum Gasteiger partial charge on any atom is -0.235 e. The molecule has 0 N–H and O–H groups in total. The average molecular weight is 417 g/mol. The van der Waals surface area contributed by atoms with Crippen molar-refractivity contribution in [2.45, 2.75) is 0 Å². The van der Waals surface area contributed by atoms with E-state index in [0.29, 0.717) is 0 Å². The Balaban J connectivity index is 1.67. The smallest absolute Gasteiger partial charge is 0.159 e. The molecule has 0 bridgehead atoms. The van der Waals surface area contributed by atoms with Gasteiger partial charge in [-0.05, 0) is 28.1 Å². The first-order valence-corrected chi connectivity index (χ1v) is 9.90. The third-order valence-electron chi connectivity index (χ3n) is 4.43. The van der Waals surface area contributed by atoms with Gasteiger partial charge in [-0.25, -0.2) is 9.97 Å². The fourth-order valence-corrected chi connectivity index (χ4v) is 4.73. The number of thiophene rings is 1. The molecule has 2 nitrogen and oxygen atoms in total. The molecule has 0 aliphatic heterocycles. The van der Waals surface area contributed by atoms with Crippen LogP contribution in [0, 0.1) is 0 Å². The van der Waals surface area contributed by atoms with Crippen LogP contribution in [-0.2, 0) is 0 Å². The van der Waals surface area contributed by atoms with Crippen LogP contribution in [0.2, 0.25) is 0 Å². The zero-order valence-electron chi connectivity index (χ0n) is 13.7. The maximum Gasteiger partial charge on any atom is 0.159 e. The van der Waals surface area contributed by atoms with E-state index in [2.05, 4.69) is 75.5 Å². The molecule has 0 aliphatic rings. The Morgan fingerprint density at radius 3 is 2.38 bits per heavy atom. The van der Waals surface area contributed by atoms with E-state index < -0.39 is 0 Å². The van der Waals surface area contributed by atoms with Gasteiger partial charge in [0, 0.05) is 37.5 Å². The number of hydrogen-bond donors (Lipinski definition) is 0. The van der Waals surface area contributed by atoms with Crippen LogP contribution in [-0.4, -0.2) is 9.97 Å². The van der Waals surface area contributed by atoms with Crippen LogP contribution in [0.15, 0.2) is 83.5 Å². The summed E-state index contributed by atoms with van der Waals surface area (Å²) in [4.78, 5) is 9.36. The molecule has 0 unspecified atom stereocenters. The van der Waals surface area contributed by atoms with E-state index in [4.69, 9.17) is 4.98 Å². The van der Waals surface area contributed by atoms with Crippen LogP contribution in [0.25, 0.3) is 42.8 Å². The Bertz CT molecular complexity index is 1250. The van der Waals surface area contributed by atoms with E-state index >= 15 is 0 Å². The number of aromatic nitrogens is 2. The molecule has 0 fully saturated rings. The molecule has 0 atom stereocenters. The zero-order valence-corrected chi connectivity index (χ0v) is 16.1. The lowest BCUT2D eigenvalue weighted by Crippen LogP contribution is -1.93. The molecular formula is C22H13BrN2S. The molecule has 2 heterocycles. The highest BCUT2D eigenvalue weighted by atomic mass is 79.9. The van der Waals surface area contributed by atoms with E-state index in [9.17, 15) is 0 Å². The number of rotatable bonds is 2. The van der Waals surface area contributed by atoms with E-state index in [0.717, 1.165) is 27.1 Å². The van der Waals surface area contributed by atoms with Gasteiger partial charge in [0.1, 0.15) is 0 Å². The molecule has 5 aromatic rings. The second-order valence-corrected chi connectivity index (χ2v) is 8.00. The summed E-state index contributed by atoms with van der Waals surface area (Å²) < 4.78 is 3.47. The van der Waals surface area contributed by atoms with Gasteiger partial charge in [-0.1, -0.05) is 60.7 Å². The van der Waals surface area contributed by atoms with Crippen LogP contribution < -0.4 is 0 Å². The number of fused-ring (bicyclic) bond motifs is 3. The first kappa shape index (κ1) is 15.7. The molecular weight excluding hydrogens is 404 g/mol. The van der Waals surface area contributed by atoms with Crippen molar-refractivity contribution in [3.63, 3.8) is 0 Å². The Labute approximate surface area is 163 Å². The lowest BCUT2D eigenvalue weighted by molar-refractivity contribution is 1.17. The highest BCUT2D eigenvalue weighted by molar-refractivity contribution is 9.10. The zero-order chi connectivity index (χ0) is 17.5. The first-order chi connectivity index (χ1) is 12.8. The van der Waals surface area contributed by atoms with Crippen molar-refractivity contribution >= 4 is 47.4 Å². The van der Waals surface area contributed by atoms with Crippen LogP contribution in [0.1, 0.15) is 0 Å². The Morgan fingerprint density at radius 1 is 0.731 bits per heavy atom. The second-order valence-electron chi connectivity index (χ2n) is 6.07. The largest absolute Gasteiger partial charge is 0.235 e. The summed E-state index contributed by atoms with van der Waals surface area (Å²) in [5.41, 5.74) is 3.02. The van der Waals surface area contributed by atoms with E-state index in [1.165, 1.54) is 20.2 Å². The van der Waals surface area contributed by atoms with Gasteiger partial charge in [0.25, 0.3) is 0 Å². The number of halogens is 1. The third kappa shape index (κ3) is 2.62. The van der Waals surface area contributed by atoms with Gasteiger partial charge in [-0.3, -0.25) is 0 Å². The average Bonchev–Trinajstić information content (AvgIpc) is 3.07.